The summed E-state index contributed by atoms with van der Waals surface area (Å²) in [5.41, 5.74) is 1.14. The molecule has 0 aromatic heterocycles. The van der Waals surface area contributed by atoms with Crippen LogP contribution in [-0.2, 0) is 11.3 Å². The summed E-state index contributed by atoms with van der Waals surface area (Å²) in [6.45, 7) is 2.42. The van der Waals surface area contributed by atoms with Crippen molar-refractivity contribution in [1.29, 1.82) is 0 Å². The molecule has 1 aliphatic rings. The largest absolute Gasteiger partial charge is 0.495 e. The van der Waals surface area contributed by atoms with E-state index >= 15 is 0 Å². The van der Waals surface area contributed by atoms with Crippen LogP contribution in [0.25, 0.3) is 0 Å². The maximum atomic E-state index is 5.91. The van der Waals surface area contributed by atoms with Crippen LogP contribution in [-0.4, -0.2) is 26.4 Å². The first-order chi connectivity index (χ1) is 10.2. The molecule has 2 rings (SSSR count). The van der Waals surface area contributed by atoms with Crippen molar-refractivity contribution < 1.29 is 9.47 Å². The summed E-state index contributed by atoms with van der Waals surface area (Å²) in [6, 6.07) is 4.08. The fraction of sp³-hybridized carbons (Fsp3) is 0.625. The normalized spacial score (nSPS) is 16.1. The molecule has 1 saturated carbocycles. The SMILES string of the molecule is COc1c(Br)cc(Br)cc1CNCCOC1CCCCC1. The van der Waals surface area contributed by atoms with Crippen molar-refractivity contribution in [3.8, 4) is 5.75 Å². The monoisotopic (exact) mass is 419 g/mol. The van der Waals surface area contributed by atoms with Gasteiger partial charge in [0.1, 0.15) is 5.75 Å². The minimum absolute atomic E-state index is 0.482. The summed E-state index contributed by atoms with van der Waals surface area (Å²) < 4.78 is 13.4. The second-order valence-electron chi connectivity index (χ2n) is 5.39. The average molecular weight is 421 g/mol. The van der Waals surface area contributed by atoms with Crippen molar-refractivity contribution in [2.75, 3.05) is 20.3 Å². The zero-order valence-electron chi connectivity index (χ0n) is 12.5. The second kappa shape index (κ2) is 9.13. The Bertz CT molecular complexity index is 448. The Hall–Kier alpha value is -0.100. The first-order valence-electron chi connectivity index (χ1n) is 7.55. The third kappa shape index (κ3) is 5.55. The Labute approximate surface area is 144 Å². The minimum atomic E-state index is 0.482. The molecule has 0 unspecified atom stereocenters. The van der Waals surface area contributed by atoms with Gasteiger partial charge in [0, 0.05) is 23.1 Å². The highest BCUT2D eigenvalue weighted by atomic mass is 79.9. The summed E-state index contributed by atoms with van der Waals surface area (Å²) in [6.07, 6.45) is 6.95. The Kier molecular flexibility index (Phi) is 7.50. The number of halogens is 2. The number of rotatable bonds is 7. The highest BCUT2D eigenvalue weighted by Gasteiger charge is 2.13. The van der Waals surface area contributed by atoms with Crippen LogP contribution in [0.5, 0.6) is 5.75 Å². The van der Waals surface area contributed by atoms with E-state index in [2.05, 4.69) is 43.2 Å². The van der Waals surface area contributed by atoms with Gasteiger partial charge in [-0.25, -0.2) is 0 Å². The number of methoxy groups -OCH3 is 1. The summed E-state index contributed by atoms with van der Waals surface area (Å²) >= 11 is 7.04. The Morgan fingerprint density at radius 2 is 1.95 bits per heavy atom. The maximum Gasteiger partial charge on any atom is 0.137 e. The lowest BCUT2D eigenvalue weighted by Crippen LogP contribution is -2.24. The van der Waals surface area contributed by atoms with Crippen molar-refractivity contribution in [2.45, 2.75) is 44.8 Å². The average Bonchev–Trinajstić information content (AvgIpc) is 2.47. The molecule has 5 heteroatoms. The fourth-order valence-electron chi connectivity index (χ4n) is 2.73. The van der Waals surface area contributed by atoms with Crippen molar-refractivity contribution in [2.24, 2.45) is 0 Å². The molecule has 21 heavy (non-hydrogen) atoms. The quantitative estimate of drug-likeness (QED) is 0.650. The molecule has 1 N–H and O–H groups in total. The lowest BCUT2D eigenvalue weighted by Gasteiger charge is -2.22. The van der Waals surface area contributed by atoms with E-state index in [1.807, 2.05) is 6.07 Å². The Morgan fingerprint density at radius 3 is 2.67 bits per heavy atom. The van der Waals surface area contributed by atoms with E-state index in [4.69, 9.17) is 9.47 Å². The van der Waals surface area contributed by atoms with Crippen LogP contribution in [0.3, 0.4) is 0 Å². The van der Waals surface area contributed by atoms with E-state index in [9.17, 15) is 0 Å². The first kappa shape index (κ1) is 17.3. The molecule has 1 aromatic carbocycles. The van der Waals surface area contributed by atoms with Gasteiger partial charge in [0.05, 0.1) is 24.3 Å². The molecule has 118 valence electrons. The molecule has 0 bridgehead atoms. The smallest absolute Gasteiger partial charge is 0.137 e. The van der Waals surface area contributed by atoms with Crippen molar-refractivity contribution in [3.63, 3.8) is 0 Å². The minimum Gasteiger partial charge on any atom is -0.495 e. The van der Waals surface area contributed by atoms with Gasteiger partial charge in [-0.1, -0.05) is 35.2 Å². The van der Waals surface area contributed by atoms with E-state index < -0.39 is 0 Å². The topological polar surface area (TPSA) is 30.5 Å². The third-order valence-corrected chi connectivity index (χ3v) is 4.84. The van der Waals surface area contributed by atoms with E-state index in [0.29, 0.717) is 6.10 Å². The second-order valence-corrected chi connectivity index (χ2v) is 7.16. The number of ether oxygens (including phenoxy) is 2. The number of nitrogens with one attached hydrogen (secondary N) is 1. The number of hydrogen-bond donors (Lipinski definition) is 1. The maximum absolute atomic E-state index is 5.91. The molecule has 0 aliphatic heterocycles. The zero-order chi connectivity index (χ0) is 15.1. The molecule has 1 fully saturated rings. The van der Waals surface area contributed by atoms with Gasteiger partial charge < -0.3 is 14.8 Å². The summed E-state index contributed by atoms with van der Waals surface area (Å²) in [5, 5.41) is 3.42. The van der Waals surface area contributed by atoms with Crippen molar-refractivity contribution in [1.82, 2.24) is 5.32 Å². The van der Waals surface area contributed by atoms with Gasteiger partial charge in [-0.15, -0.1) is 0 Å². The van der Waals surface area contributed by atoms with Crippen LogP contribution in [0.1, 0.15) is 37.7 Å². The molecule has 0 heterocycles. The van der Waals surface area contributed by atoms with Crippen LogP contribution in [0.2, 0.25) is 0 Å². The lowest BCUT2D eigenvalue weighted by molar-refractivity contribution is 0.0302. The predicted octanol–water partition coefficient (Wildman–Crippen LogP) is 4.66. The van der Waals surface area contributed by atoms with Crippen LogP contribution < -0.4 is 10.1 Å². The lowest BCUT2D eigenvalue weighted by atomic mass is 9.98. The van der Waals surface area contributed by atoms with Gasteiger partial charge in [0.15, 0.2) is 0 Å². The van der Waals surface area contributed by atoms with Crippen LogP contribution in [0.4, 0.5) is 0 Å². The first-order valence-corrected chi connectivity index (χ1v) is 9.13. The van der Waals surface area contributed by atoms with E-state index in [-0.39, 0.29) is 0 Å². The molecular weight excluding hydrogens is 398 g/mol. The fourth-order valence-corrected chi connectivity index (χ4v) is 4.20. The summed E-state index contributed by atoms with van der Waals surface area (Å²) in [4.78, 5) is 0. The van der Waals surface area contributed by atoms with Gasteiger partial charge >= 0.3 is 0 Å². The van der Waals surface area contributed by atoms with Crippen molar-refractivity contribution in [3.05, 3.63) is 26.6 Å². The standard InChI is InChI=1S/C16H23Br2NO2/c1-20-16-12(9-13(17)10-15(16)18)11-19-7-8-21-14-5-3-2-4-6-14/h9-10,14,19H,2-8,11H2,1H3. The zero-order valence-corrected chi connectivity index (χ0v) is 15.6. The van der Waals surface area contributed by atoms with Crippen molar-refractivity contribution >= 4 is 31.9 Å². The summed E-state index contributed by atoms with van der Waals surface area (Å²) in [5.74, 6) is 0.888. The van der Waals surface area contributed by atoms with E-state index in [1.165, 1.54) is 32.1 Å². The Morgan fingerprint density at radius 1 is 1.19 bits per heavy atom. The van der Waals surface area contributed by atoms with Gasteiger partial charge in [0.25, 0.3) is 0 Å². The van der Waals surface area contributed by atoms with Crippen LogP contribution in [0.15, 0.2) is 21.1 Å². The van der Waals surface area contributed by atoms with Gasteiger partial charge in [-0.2, -0.15) is 0 Å². The molecule has 1 aliphatic carbocycles. The van der Waals surface area contributed by atoms with E-state index in [0.717, 1.165) is 40.0 Å². The molecule has 0 atom stereocenters. The molecule has 0 saturated heterocycles. The molecule has 0 radical (unpaired) electrons. The van der Waals surface area contributed by atoms with Crippen LogP contribution in [0, 0.1) is 0 Å². The van der Waals surface area contributed by atoms with Gasteiger partial charge in [-0.05, 0) is 40.9 Å². The van der Waals surface area contributed by atoms with Gasteiger partial charge in [0.2, 0.25) is 0 Å². The van der Waals surface area contributed by atoms with Gasteiger partial charge in [-0.3, -0.25) is 0 Å². The third-order valence-electron chi connectivity index (χ3n) is 3.79. The molecule has 0 amide bonds. The predicted molar refractivity (Wildman–Crippen MR) is 92.9 cm³/mol. The summed E-state index contributed by atoms with van der Waals surface area (Å²) in [7, 11) is 1.70. The Balaban J connectivity index is 1.73. The number of hydrogen-bond acceptors (Lipinski definition) is 3. The molecule has 1 aromatic rings. The highest BCUT2D eigenvalue weighted by Crippen LogP contribution is 2.32. The molecular formula is C16H23Br2NO2. The molecule has 3 nitrogen and oxygen atoms in total. The number of benzene rings is 1. The van der Waals surface area contributed by atoms with Crippen LogP contribution >= 0.6 is 31.9 Å². The highest BCUT2D eigenvalue weighted by molar-refractivity contribution is 9.11. The van der Waals surface area contributed by atoms with E-state index in [1.54, 1.807) is 7.11 Å². The molecule has 0 spiro atoms.